The fraction of sp³-hybridized carbons (Fsp3) is 0.294. The zero-order chi connectivity index (χ0) is 15.2. The molecule has 4 nitrogen and oxygen atoms in total. The number of aromatic hydroxyl groups is 1. The molecule has 21 heavy (non-hydrogen) atoms. The van der Waals surface area contributed by atoms with Gasteiger partial charge in [0, 0.05) is 6.04 Å². The van der Waals surface area contributed by atoms with Gasteiger partial charge in [-0.05, 0) is 48.2 Å². The Labute approximate surface area is 125 Å². The number of phenols is 1. The Morgan fingerprint density at radius 2 is 1.62 bits per heavy atom. The van der Waals surface area contributed by atoms with Crippen molar-refractivity contribution in [3.8, 4) is 17.2 Å². The van der Waals surface area contributed by atoms with Crippen LogP contribution >= 0.6 is 0 Å². The van der Waals surface area contributed by atoms with Crippen molar-refractivity contribution in [1.82, 2.24) is 0 Å². The number of hydrogen-bond donors (Lipinski definition) is 2. The van der Waals surface area contributed by atoms with Gasteiger partial charge in [0.25, 0.3) is 0 Å². The molecule has 2 aromatic carbocycles. The number of ether oxygens (including phenoxy) is 2. The molecule has 0 aromatic heterocycles. The summed E-state index contributed by atoms with van der Waals surface area (Å²) in [5.74, 6) is 1.69. The summed E-state index contributed by atoms with van der Waals surface area (Å²) in [4.78, 5) is 0. The lowest BCUT2D eigenvalue weighted by atomic mass is 9.99. The van der Waals surface area contributed by atoms with E-state index in [0.29, 0.717) is 17.9 Å². The molecule has 1 atom stereocenters. The minimum atomic E-state index is -0.0232. The largest absolute Gasteiger partial charge is 0.508 e. The van der Waals surface area contributed by atoms with Crippen LogP contribution in [0.5, 0.6) is 17.2 Å². The van der Waals surface area contributed by atoms with Crippen molar-refractivity contribution in [3.63, 3.8) is 0 Å². The molecule has 0 aliphatic rings. The van der Waals surface area contributed by atoms with E-state index in [1.54, 1.807) is 26.4 Å². The van der Waals surface area contributed by atoms with Gasteiger partial charge >= 0.3 is 0 Å². The first-order valence-corrected chi connectivity index (χ1v) is 6.86. The van der Waals surface area contributed by atoms with Gasteiger partial charge in [0.1, 0.15) is 5.75 Å². The molecule has 0 saturated carbocycles. The lowest BCUT2D eigenvalue weighted by Gasteiger charge is -2.14. The van der Waals surface area contributed by atoms with E-state index in [-0.39, 0.29) is 11.8 Å². The van der Waals surface area contributed by atoms with E-state index in [0.717, 1.165) is 17.5 Å². The van der Waals surface area contributed by atoms with E-state index < -0.39 is 0 Å². The van der Waals surface area contributed by atoms with Gasteiger partial charge in [-0.25, -0.2) is 0 Å². The van der Waals surface area contributed by atoms with Crippen molar-refractivity contribution in [2.24, 2.45) is 5.73 Å². The smallest absolute Gasteiger partial charge is 0.160 e. The van der Waals surface area contributed by atoms with Crippen LogP contribution in [0.2, 0.25) is 0 Å². The first-order valence-electron chi connectivity index (χ1n) is 6.86. The highest BCUT2D eigenvalue weighted by atomic mass is 16.5. The lowest BCUT2D eigenvalue weighted by molar-refractivity contribution is 0.354. The van der Waals surface area contributed by atoms with Gasteiger partial charge in [-0.3, -0.25) is 0 Å². The van der Waals surface area contributed by atoms with Gasteiger partial charge < -0.3 is 20.3 Å². The van der Waals surface area contributed by atoms with E-state index in [2.05, 4.69) is 0 Å². The van der Waals surface area contributed by atoms with Crippen LogP contribution in [0.4, 0.5) is 0 Å². The zero-order valence-electron chi connectivity index (χ0n) is 12.4. The van der Waals surface area contributed by atoms with Crippen LogP contribution in [0.25, 0.3) is 0 Å². The summed E-state index contributed by atoms with van der Waals surface area (Å²) in [6.07, 6.45) is 1.44. The van der Waals surface area contributed by atoms with Crippen LogP contribution in [0, 0.1) is 0 Å². The summed E-state index contributed by atoms with van der Waals surface area (Å²) in [5.41, 5.74) is 8.32. The van der Waals surface area contributed by atoms with Gasteiger partial charge in [0.05, 0.1) is 14.2 Å². The minimum absolute atomic E-state index is 0.0232. The highest BCUT2D eigenvalue weighted by Crippen LogP contribution is 2.28. The Bertz CT molecular complexity index is 598. The monoisotopic (exact) mass is 287 g/mol. The topological polar surface area (TPSA) is 64.7 Å². The fourth-order valence-electron chi connectivity index (χ4n) is 2.37. The molecule has 0 fully saturated rings. The van der Waals surface area contributed by atoms with Crippen LogP contribution in [0.1, 0.15) is 11.1 Å². The molecule has 0 saturated heterocycles. The summed E-state index contributed by atoms with van der Waals surface area (Å²) in [6.45, 7) is 0. The number of nitrogens with two attached hydrogens (primary N) is 1. The molecule has 0 heterocycles. The average Bonchev–Trinajstić information content (AvgIpc) is 2.47. The highest BCUT2D eigenvalue weighted by molar-refractivity contribution is 5.43. The maximum absolute atomic E-state index is 9.47. The predicted molar refractivity (Wildman–Crippen MR) is 83.0 cm³/mol. The summed E-state index contributed by atoms with van der Waals surface area (Å²) < 4.78 is 10.5. The number of hydrogen-bond acceptors (Lipinski definition) is 4. The van der Waals surface area contributed by atoms with Gasteiger partial charge in [0.15, 0.2) is 11.5 Å². The van der Waals surface area contributed by atoms with E-state index in [1.807, 2.05) is 30.3 Å². The second kappa shape index (κ2) is 6.99. The molecular weight excluding hydrogens is 266 g/mol. The Morgan fingerprint density at radius 3 is 2.24 bits per heavy atom. The molecule has 0 amide bonds. The summed E-state index contributed by atoms with van der Waals surface area (Å²) >= 11 is 0. The quantitative estimate of drug-likeness (QED) is 0.857. The summed E-state index contributed by atoms with van der Waals surface area (Å²) in [6, 6.07) is 13.0. The lowest BCUT2D eigenvalue weighted by Crippen LogP contribution is -2.25. The second-order valence-electron chi connectivity index (χ2n) is 5.03. The van der Waals surface area contributed by atoms with E-state index in [9.17, 15) is 5.11 Å². The first-order chi connectivity index (χ1) is 10.1. The van der Waals surface area contributed by atoms with Crippen LogP contribution in [0.15, 0.2) is 42.5 Å². The van der Waals surface area contributed by atoms with Crippen molar-refractivity contribution in [1.29, 1.82) is 0 Å². The van der Waals surface area contributed by atoms with Crippen LogP contribution in [-0.2, 0) is 12.8 Å². The standard InChI is InChI=1S/C17H21NO3/c1-20-16-7-6-13(11-17(16)21-2)9-14(18)8-12-4-3-5-15(19)10-12/h3-7,10-11,14,19H,8-9,18H2,1-2H3. The van der Waals surface area contributed by atoms with Gasteiger partial charge in [-0.2, -0.15) is 0 Å². The Balaban J connectivity index is 2.04. The maximum atomic E-state index is 9.47. The number of phenolic OH excluding ortho intramolecular Hbond substituents is 1. The molecule has 0 spiro atoms. The predicted octanol–water partition coefficient (Wildman–Crippen LogP) is 2.52. The fourth-order valence-corrected chi connectivity index (χ4v) is 2.37. The zero-order valence-corrected chi connectivity index (χ0v) is 12.4. The van der Waals surface area contributed by atoms with E-state index >= 15 is 0 Å². The molecule has 0 bridgehead atoms. The van der Waals surface area contributed by atoms with Crippen molar-refractivity contribution in [3.05, 3.63) is 53.6 Å². The molecule has 0 aliphatic carbocycles. The molecule has 3 N–H and O–H groups in total. The number of benzene rings is 2. The van der Waals surface area contributed by atoms with Crippen molar-refractivity contribution >= 4 is 0 Å². The first kappa shape index (κ1) is 15.2. The SMILES string of the molecule is COc1ccc(CC(N)Cc2cccc(O)c2)cc1OC. The third-order valence-electron chi connectivity index (χ3n) is 3.35. The number of methoxy groups -OCH3 is 2. The second-order valence-corrected chi connectivity index (χ2v) is 5.03. The molecule has 112 valence electrons. The third-order valence-corrected chi connectivity index (χ3v) is 3.35. The number of rotatable bonds is 6. The maximum Gasteiger partial charge on any atom is 0.160 e. The highest BCUT2D eigenvalue weighted by Gasteiger charge is 2.09. The van der Waals surface area contributed by atoms with E-state index in [1.165, 1.54) is 0 Å². The Morgan fingerprint density at radius 1 is 0.952 bits per heavy atom. The Hall–Kier alpha value is -2.20. The molecule has 2 rings (SSSR count). The van der Waals surface area contributed by atoms with Crippen LogP contribution < -0.4 is 15.2 Å². The molecule has 1 unspecified atom stereocenters. The summed E-state index contributed by atoms with van der Waals surface area (Å²) in [5, 5.41) is 9.47. The van der Waals surface area contributed by atoms with Gasteiger partial charge in [-0.15, -0.1) is 0 Å². The van der Waals surface area contributed by atoms with Crippen molar-refractivity contribution < 1.29 is 14.6 Å². The Kier molecular flexibility index (Phi) is 5.06. The van der Waals surface area contributed by atoms with Crippen molar-refractivity contribution in [2.45, 2.75) is 18.9 Å². The average molecular weight is 287 g/mol. The molecule has 0 aliphatic heterocycles. The normalized spacial score (nSPS) is 12.0. The van der Waals surface area contributed by atoms with Crippen molar-refractivity contribution in [2.75, 3.05) is 14.2 Å². The molecular formula is C17H21NO3. The molecule has 2 aromatic rings. The molecule has 4 heteroatoms. The van der Waals surface area contributed by atoms with Gasteiger partial charge in [0.2, 0.25) is 0 Å². The van der Waals surface area contributed by atoms with Crippen LogP contribution in [-0.4, -0.2) is 25.4 Å². The van der Waals surface area contributed by atoms with Gasteiger partial charge in [-0.1, -0.05) is 18.2 Å². The summed E-state index contributed by atoms with van der Waals surface area (Å²) in [7, 11) is 3.24. The van der Waals surface area contributed by atoms with E-state index in [4.69, 9.17) is 15.2 Å². The molecule has 0 radical (unpaired) electrons. The van der Waals surface area contributed by atoms with Crippen LogP contribution in [0.3, 0.4) is 0 Å². The minimum Gasteiger partial charge on any atom is -0.508 e. The third kappa shape index (κ3) is 4.13.